The second-order valence-electron chi connectivity index (χ2n) is 5.67. The van der Waals surface area contributed by atoms with E-state index in [1.807, 2.05) is 0 Å². The molecule has 0 amide bonds. The van der Waals surface area contributed by atoms with Crippen LogP contribution in [0.4, 0.5) is 4.39 Å². The van der Waals surface area contributed by atoms with Crippen molar-refractivity contribution in [2.24, 2.45) is 5.92 Å². The maximum absolute atomic E-state index is 13.1. The van der Waals surface area contributed by atoms with Gasteiger partial charge in [-0.1, -0.05) is 6.07 Å². The molecule has 23 heavy (non-hydrogen) atoms. The number of hydroxylamine groups is 2. The Morgan fingerprint density at radius 2 is 2.04 bits per heavy atom. The van der Waals surface area contributed by atoms with Gasteiger partial charge in [0.05, 0.1) is 12.5 Å². The SMILES string of the molecule is O=C(ON1CC[C@@H](Oc2cccc(F)c2)C1)C1CCOCC1.[Li]. The molecule has 1 radical (unpaired) electrons. The quantitative estimate of drug-likeness (QED) is 0.793. The summed E-state index contributed by atoms with van der Waals surface area (Å²) < 4.78 is 24.1. The summed E-state index contributed by atoms with van der Waals surface area (Å²) in [6, 6.07) is 6.07. The van der Waals surface area contributed by atoms with E-state index in [-0.39, 0.29) is 42.7 Å². The van der Waals surface area contributed by atoms with Gasteiger partial charge in [-0.15, -0.1) is 5.06 Å². The molecule has 0 aromatic heterocycles. The summed E-state index contributed by atoms with van der Waals surface area (Å²) in [6.45, 7) is 2.37. The zero-order valence-electron chi connectivity index (χ0n) is 13.4. The molecule has 121 valence electrons. The summed E-state index contributed by atoms with van der Waals surface area (Å²) in [5.41, 5.74) is 0. The molecule has 1 aromatic carbocycles. The average molecular weight is 316 g/mol. The second-order valence-corrected chi connectivity index (χ2v) is 5.67. The minimum Gasteiger partial charge on any atom is -0.489 e. The van der Waals surface area contributed by atoms with Crippen LogP contribution in [0, 0.1) is 11.7 Å². The number of carbonyl (C=O) groups is 1. The van der Waals surface area contributed by atoms with Crippen molar-refractivity contribution in [3.05, 3.63) is 30.1 Å². The van der Waals surface area contributed by atoms with Gasteiger partial charge in [0, 0.05) is 51.1 Å². The van der Waals surface area contributed by atoms with Gasteiger partial charge in [-0.3, -0.25) is 4.79 Å². The van der Waals surface area contributed by atoms with E-state index in [1.165, 1.54) is 12.1 Å². The zero-order valence-corrected chi connectivity index (χ0v) is 13.4. The average Bonchev–Trinajstić information content (AvgIpc) is 2.95. The smallest absolute Gasteiger partial charge is 0.328 e. The first-order chi connectivity index (χ1) is 10.7. The van der Waals surface area contributed by atoms with Crippen molar-refractivity contribution in [3.8, 4) is 5.75 Å². The fourth-order valence-electron chi connectivity index (χ4n) is 2.74. The normalized spacial score (nSPS) is 22.4. The molecule has 7 heteroatoms. The van der Waals surface area contributed by atoms with Gasteiger partial charge in [-0.05, 0) is 25.0 Å². The number of rotatable bonds is 4. The fraction of sp³-hybridized carbons (Fsp3) is 0.562. The summed E-state index contributed by atoms with van der Waals surface area (Å²) in [7, 11) is 0. The van der Waals surface area contributed by atoms with Crippen LogP contribution in [0.3, 0.4) is 0 Å². The molecule has 3 rings (SSSR count). The summed E-state index contributed by atoms with van der Waals surface area (Å²) in [4.78, 5) is 17.5. The van der Waals surface area contributed by atoms with Crippen LogP contribution < -0.4 is 4.74 Å². The number of ether oxygens (including phenoxy) is 2. The van der Waals surface area contributed by atoms with E-state index in [1.54, 1.807) is 17.2 Å². The number of carbonyl (C=O) groups excluding carboxylic acids is 1. The summed E-state index contributed by atoms with van der Waals surface area (Å²) in [6.07, 6.45) is 2.09. The van der Waals surface area contributed by atoms with Crippen LogP contribution >= 0.6 is 0 Å². The predicted octanol–water partition coefficient (Wildman–Crippen LogP) is 1.78. The molecule has 2 heterocycles. The first-order valence-electron chi connectivity index (χ1n) is 7.67. The minimum absolute atomic E-state index is 0. The molecule has 1 aromatic rings. The van der Waals surface area contributed by atoms with Crippen molar-refractivity contribution >= 4 is 24.8 Å². The van der Waals surface area contributed by atoms with E-state index in [0.29, 0.717) is 32.1 Å². The van der Waals surface area contributed by atoms with E-state index >= 15 is 0 Å². The van der Waals surface area contributed by atoms with Crippen LogP contribution in [0.1, 0.15) is 19.3 Å². The Hall–Kier alpha value is -1.06. The molecule has 2 aliphatic heterocycles. The van der Waals surface area contributed by atoms with Gasteiger partial charge in [-0.2, -0.15) is 0 Å². The third-order valence-electron chi connectivity index (χ3n) is 3.98. The standard InChI is InChI=1S/C16H20FNO4.Li/c17-13-2-1-3-14(10-13)21-15-4-7-18(11-15)22-16(19)12-5-8-20-9-6-12;/h1-3,10,12,15H,4-9,11H2;/t15-;/m1./s1. The van der Waals surface area contributed by atoms with Crippen molar-refractivity contribution in [3.63, 3.8) is 0 Å². The number of nitrogens with zero attached hydrogens (tertiary/aromatic N) is 1. The predicted molar refractivity (Wildman–Crippen MR) is 82.4 cm³/mol. The van der Waals surface area contributed by atoms with E-state index in [0.717, 1.165) is 19.3 Å². The van der Waals surface area contributed by atoms with Crippen LogP contribution in [0.25, 0.3) is 0 Å². The molecule has 1 atom stereocenters. The van der Waals surface area contributed by atoms with Gasteiger partial charge in [0.1, 0.15) is 17.7 Å². The first kappa shape index (κ1) is 18.3. The Morgan fingerprint density at radius 1 is 1.26 bits per heavy atom. The zero-order chi connectivity index (χ0) is 15.4. The Kier molecular flexibility index (Phi) is 6.91. The van der Waals surface area contributed by atoms with Crippen LogP contribution in [0.15, 0.2) is 24.3 Å². The molecule has 0 N–H and O–H groups in total. The molecule has 2 saturated heterocycles. The molecule has 5 nitrogen and oxygen atoms in total. The molecular formula is C16H20FLiNO4. The van der Waals surface area contributed by atoms with Crippen LogP contribution in [0.5, 0.6) is 5.75 Å². The molecule has 0 bridgehead atoms. The third-order valence-corrected chi connectivity index (χ3v) is 3.98. The molecule has 0 spiro atoms. The molecular weight excluding hydrogens is 296 g/mol. The minimum atomic E-state index is -0.321. The number of hydrogen-bond acceptors (Lipinski definition) is 5. The van der Waals surface area contributed by atoms with E-state index in [2.05, 4.69) is 0 Å². The maximum Gasteiger partial charge on any atom is 0.328 e. The number of hydrogen-bond donors (Lipinski definition) is 0. The van der Waals surface area contributed by atoms with Crippen molar-refractivity contribution < 1.29 is 23.5 Å². The Morgan fingerprint density at radius 3 is 2.78 bits per heavy atom. The van der Waals surface area contributed by atoms with Crippen molar-refractivity contribution in [2.45, 2.75) is 25.4 Å². The maximum atomic E-state index is 13.1. The summed E-state index contributed by atoms with van der Waals surface area (Å²) >= 11 is 0. The van der Waals surface area contributed by atoms with Gasteiger partial charge in [-0.25, -0.2) is 4.39 Å². The first-order valence-corrected chi connectivity index (χ1v) is 7.67. The topological polar surface area (TPSA) is 48.0 Å². The fourth-order valence-corrected chi connectivity index (χ4v) is 2.74. The second kappa shape index (κ2) is 8.70. The Balaban J connectivity index is 0.00000192. The van der Waals surface area contributed by atoms with E-state index in [9.17, 15) is 9.18 Å². The van der Waals surface area contributed by atoms with Crippen molar-refractivity contribution in [2.75, 3.05) is 26.3 Å². The molecule has 0 saturated carbocycles. The summed E-state index contributed by atoms with van der Waals surface area (Å²) in [5, 5.41) is 1.64. The van der Waals surface area contributed by atoms with Crippen LogP contribution in [-0.4, -0.2) is 62.3 Å². The van der Waals surface area contributed by atoms with Crippen LogP contribution in [-0.2, 0) is 14.4 Å². The third kappa shape index (κ3) is 5.22. The number of halogens is 1. The van der Waals surface area contributed by atoms with E-state index < -0.39 is 0 Å². The monoisotopic (exact) mass is 316 g/mol. The molecule has 0 unspecified atom stereocenters. The Labute approximate surface area is 147 Å². The van der Waals surface area contributed by atoms with Crippen LogP contribution in [0.2, 0.25) is 0 Å². The van der Waals surface area contributed by atoms with E-state index in [4.69, 9.17) is 14.3 Å². The van der Waals surface area contributed by atoms with Gasteiger partial charge in [0.2, 0.25) is 0 Å². The summed E-state index contributed by atoms with van der Waals surface area (Å²) in [5.74, 6) is -0.0763. The van der Waals surface area contributed by atoms with Gasteiger partial charge >= 0.3 is 5.97 Å². The van der Waals surface area contributed by atoms with Gasteiger partial charge in [0.25, 0.3) is 0 Å². The molecule has 2 aliphatic rings. The van der Waals surface area contributed by atoms with Gasteiger partial charge < -0.3 is 14.3 Å². The molecule has 0 aliphatic carbocycles. The molecule has 2 fully saturated rings. The van der Waals surface area contributed by atoms with Crippen molar-refractivity contribution in [1.29, 1.82) is 0 Å². The van der Waals surface area contributed by atoms with Crippen molar-refractivity contribution in [1.82, 2.24) is 5.06 Å². The number of benzene rings is 1. The van der Waals surface area contributed by atoms with Gasteiger partial charge in [0.15, 0.2) is 0 Å². The largest absolute Gasteiger partial charge is 0.489 e. The Bertz CT molecular complexity index is 525.